The fourth-order valence-electron chi connectivity index (χ4n) is 0.586. The summed E-state index contributed by atoms with van der Waals surface area (Å²) in [4.78, 5) is 21.0. The summed E-state index contributed by atoms with van der Waals surface area (Å²) in [5.74, 6) is -0.785. The molecule has 0 aromatic heterocycles. The Morgan fingerprint density at radius 3 is 2.50 bits per heavy atom. The van der Waals surface area contributed by atoms with Gasteiger partial charge in [0.2, 0.25) is 5.78 Å². The molecule has 0 rings (SSSR count). The molecule has 0 N–H and O–H groups in total. The first-order valence-corrected chi connectivity index (χ1v) is 3.15. The van der Waals surface area contributed by atoms with Gasteiger partial charge in [0.1, 0.15) is 11.9 Å². The van der Waals surface area contributed by atoms with Gasteiger partial charge in [0.25, 0.3) is 0 Å². The van der Waals surface area contributed by atoms with Crippen molar-refractivity contribution >= 4 is 11.6 Å². The van der Waals surface area contributed by atoms with E-state index in [0.717, 1.165) is 6.42 Å². The van der Waals surface area contributed by atoms with Gasteiger partial charge in [-0.2, -0.15) is 5.26 Å². The van der Waals surface area contributed by atoms with Crippen LogP contribution in [0.25, 0.3) is 0 Å². The average molecular weight is 139 g/mol. The third-order valence-electron chi connectivity index (χ3n) is 1.01. The van der Waals surface area contributed by atoms with Crippen molar-refractivity contribution in [3.8, 4) is 6.07 Å². The van der Waals surface area contributed by atoms with E-state index < -0.39 is 5.78 Å². The minimum absolute atomic E-state index is 0.144. The van der Waals surface area contributed by atoms with Crippen molar-refractivity contribution in [2.75, 3.05) is 0 Å². The number of hydrogen-bond donors (Lipinski definition) is 0. The standard InChI is InChI=1S/C7H9NO2/c1-2-3-6(9)4-7(10)5-8/h2-4H2,1H3. The third-order valence-corrected chi connectivity index (χ3v) is 1.01. The number of carbonyl (C=O) groups is 2. The number of rotatable bonds is 4. The molecule has 0 aliphatic carbocycles. The lowest BCUT2D eigenvalue weighted by Crippen LogP contribution is -2.04. The van der Waals surface area contributed by atoms with Gasteiger partial charge in [-0.15, -0.1) is 0 Å². The van der Waals surface area contributed by atoms with Gasteiger partial charge in [-0.25, -0.2) is 0 Å². The van der Waals surface area contributed by atoms with Crippen molar-refractivity contribution in [1.29, 1.82) is 5.26 Å². The Bertz CT molecular complexity index is 179. The molecule has 0 radical (unpaired) electrons. The molecule has 54 valence electrons. The van der Waals surface area contributed by atoms with Crippen LogP contribution in [-0.4, -0.2) is 11.6 Å². The lowest BCUT2D eigenvalue weighted by atomic mass is 10.1. The highest BCUT2D eigenvalue weighted by molar-refractivity contribution is 6.06. The summed E-state index contributed by atoms with van der Waals surface area (Å²) >= 11 is 0. The maximum absolute atomic E-state index is 10.6. The van der Waals surface area contributed by atoms with Crippen LogP contribution >= 0.6 is 0 Å². The zero-order chi connectivity index (χ0) is 7.98. The van der Waals surface area contributed by atoms with Gasteiger partial charge in [-0.05, 0) is 6.42 Å². The molecule has 0 aliphatic heterocycles. The summed E-state index contributed by atoms with van der Waals surface area (Å²) in [6.07, 6.45) is 0.912. The van der Waals surface area contributed by atoms with Crippen molar-refractivity contribution in [3.05, 3.63) is 0 Å². The molecule has 0 fully saturated rings. The predicted octanol–water partition coefficient (Wildman–Crippen LogP) is 0.838. The highest BCUT2D eigenvalue weighted by atomic mass is 16.1. The molecule has 0 atom stereocenters. The largest absolute Gasteiger partial charge is 0.299 e. The molecule has 3 heteroatoms. The monoisotopic (exact) mass is 139 g/mol. The van der Waals surface area contributed by atoms with Crippen LogP contribution in [0.4, 0.5) is 0 Å². The van der Waals surface area contributed by atoms with E-state index in [0.29, 0.717) is 6.42 Å². The molecule has 0 amide bonds. The van der Waals surface area contributed by atoms with Gasteiger partial charge in [-0.1, -0.05) is 6.92 Å². The Hall–Kier alpha value is -1.17. The van der Waals surface area contributed by atoms with E-state index in [1.54, 1.807) is 0 Å². The Balaban J connectivity index is 3.60. The molecule has 0 saturated heterocycles. The van der Waals surface area contributed by atoms with E-state index in [2.05, 4.69) is 0 Å². The van der Waals surface area contributed by atoms with Gasteiger partial charge in [-0.3, -0.25) is 9.59 Å². The summed E-state index contributed by atoms with van der Waals surface area (Å²) in [6.45, 7) is 1.86. The maximum atomic E-state index is 10.6. The molecule has 0 aromatic carbocycles. The number of carbonyl (C=O) groups excluding carboxylic acids is 2. The van der Waals surface area contributed by atoms with Crippen LogP contribution < -0.4 is 0 Å². The topological polar surface area (TPSA) is 57.9 Å². The Morgan fingerprint density at radius 1 is 1.50 bits per heavy atom. The quantitative estimate of drug-likeness (QED) is 0.428. The molecule has 10 heavy (non-hydrogen) atoms. The van der Waals surface area contributed by atoms with Gasteiger partial charge in [0.05, 0.1) is 6.42 Å². The van der Waals surface area contributed by atoms with Crippen LogP contribution in [-0.2, 0) is 9.59 Å². The van der Waals surface area contributed by atoms with Crippen molar-refractivity contribution in [1.82, 2.24) is 0 Å². The van der Waals surface area contributed by atoms with E-state index in [-0.39, 0.29) is 12.2 Å². The molecule has 0 heterocycles. The predicted molar refractivity (Wildman–Crippen MR) is 35.2 cm³/mol. The maximum Gasteiger partial charge on any atom is 0.239 e. The minimum atomic E-state index is -0.640. The molecule has 0 bridgehead atoms. The summed E-state index contributed by atoms with van der Waals surface area (Å²) < 4.78 is 0. The first kappa shape index (κ1) is 8.83. The van der Waals surface area contributed by atoms with Crippen molar-refractivity contribution in [2.45, 2.75) is 26.2 Å². The van der Waals surface area contributed by atoms with Crippen LogP contribution in [0.1, 0.15) is 26.2 Å². The van der Waals surface area contributed by atoms with E-state index in [1.807, 2.05) is 6.92 Å². The summed E-state index contributed by atoms with van der Waals surface area (Å²) in [5.41, 5.74) is 0. The Morgan fingerprint density at radius 2 is 2.10 bits per heavy atom. The smallest absolute Gasteiger partial charge is 0.239 e. The Kier molecular flexibility index (Phi) is 4.14. The van der Waals surface area contributed by atoms with Crippen LogP contribution in [0.3, 0.4) is 0 Å². The SMILES string of the molecule is CCCC(=O)CC(=O)C#N. The lowest BCUT2D eigenvalue weighted by Gasteiger charge is -1.89. The molecule has 3 nitrogen and oxygen atoms in total. The van der Waals surface area contributed by atoms with Crippen LogP contribution in [0.5, 0.6) is 0 Å². The van der Waals surface area contributed by atoms with E-state index in [1.165, 1.54) is 6.07 Å². The minimum Gasteiger partial charge on any atom is -0.299 e. The molecular weight excluding hydrogens is 130 g/mol. The molecular formula is C7H9NO2. The summed E-state index contributed by atoms with van der Waals surface area (Å²) in [6, 6.07) is 1.39. The zero-order valence-corrected chi connectivity index (χ0v) is 5.89. The highest BCUT2D eigenvalue weighted by Gasteiger charge is 2.06. The number of nitrogens with zero attached hydrogens (tertiary/aromatic N) is 1. The number of hydrogen-bond acceptors (Lipinski definition) is 3. The normalized spacial score (nSPS) is 8.40. The third kappa shape index (κ3) is 3.79. The fourth-order valence-corrected chi connectivity index (χ4v) is 0.586. The van der Waals surface area contributed by atoms with Gasteiger partial charge in [0, 0.05) is 6.42 Å². The van der Waals surface area contributed by atoms with Crippen LogP contribution in [0.15, 0.2) is 0 Å². The van der Waals surface area contributed by atoms with Crippen molar-refractivity contribution in [2.24, 2.45) is 0 Å². The number of Topliss-reactive ketones (excluding diaryl/α,β-unsaturated/α-hetero) is 2. The summed E-state index contributed by atoms with van der Waals surface area (Å²) in [5, 5.41) is 8.00. The molecule has 0 saturated carbocycles. The first-order chi connectivity index (χ1) is 4.70. The second kappa shape index (κ2) is 4.68. The van der Waals surface area contributed by atoms with Crippen LogP contribution in [0, 0.1) is 11.3 Å². The molecule has 0 aromatic rings. The van der Waals surface area contributed by atoms with Crippen molar-refractivity contribution in [3.63, 3.8) is 0 Å². The molecule has 0 spiro atoms. The van der Waals surface area contributed by atoms with Gasteiger partial charge in [0.15, 0.2) is 0 Å². The van der Waals surface area contributed by atoms with Crippen LogP contribution in [0.2, 0.25) is 0 Å². The zero-order valence-electron chi connectivity index (χ0n) is 5.89. The Labute approximate surface area is 59.6 Å². The molecule has 0 unspecified atom stereocenters. The van der Waals surface area contributed by atoms with Gasteiger partial charge < -0.3 is 0 Å². The first-order valence-electron chi connectivity index (χ1n) is 3.15. The average Bonchev–Trinajstić information content (AvgIpc) is 1.88. The summed E-state index contributed by atoms with van der Waals surface area (Å²) in [7, 11) is 0. The highest BCUT2D eigenvalue weighted by Crippen LogP contribution is 1.93. The van der Waals surface area contributed by atoms with Crippen molar-refractivity contribution < 1.29 is 9.59 Å². The number of ketones is 2. The second-order valence-electron chi connectivity index (χ2n) is 2.00. The van der Waals surface area contributed by atoms with Gasteiger partial charge >= 0.3 is 0 Å². The fraction of sp³-hybridized carbons (Fsp3) is 0.571. The van der Waals surface area contributed by atoms with E-state index >= 15 is 0 Å². The van der Waals surface area contributed by atoms with E-state index in [4.69, 9.17) is 5.26 Å². The lowest BCUT2D eigenvalue weighted by molar-refractivity contribution is -0.124. The second-order valence-corrected chi connectivity index (χ2v) is 2.00. The van der Waals surface area contributed by atoms with E-state index in [9.17, 15) is 9.59 Å². The molecule has 0 aliphatic rings. The number of nitriles is 1.